The molecule has 7 rings (SSSR count). The third kappa shape index (κ3) is 5.44. The summed E-state index contributed by atoms with van der Waals surface area (Å²) in [7, 11) is 2.17. The number of alkyl halides is 1. The molecule has 9 nitrogen and oxygen atoms in total. The van der Waals surface area contributed by atoms with Crippen molar-refractivity contribution in [1.29, 1.82) is 0 Å². The molecule has 7 aliphatic rings. The fourth-order valence-corrected chi connectivity index (χ4v) is 9.33. The lowest BCUT2D eigenvalue weighted by Crippen LogP contribution is -2.74. The highest BCUT2D eigenvalue weighted by Crippen LogP contribution is 2.50. The van der Waals surface area contributed by atoms with Crippen LogP contribution < -0.4 is 5.32 Å². The maximum Gasteiger partial charge on any atom is 0.259 e. The first-order valence-electron chi connectivity index (χ1n) is 16.8. The van der Waals surface area contributed by atoms with Crippen LogP contribution >= 0.6 is 0 Å². The van der Waals surface area contributed by atoms with Crippen LogP contribution in [0.25, 0.3) is 0 Å². The quantitative estimate of drug-likeness (QED) is 0.372. The standard InChI is InChI=1S/C32H50FN5O4/c1-35-11-13-36(14-12-35)10-4-9-34-27-25(33)19-23-28-31(27)42-30-22-6-3-2-5-21(22)7-8-26(30)38(28)20-24(29(23)39)32(40)37-15-17-41-18-16-37/h20-23,25-28,30-31,34H,2-19H2,1H3. The number of carbonyl (C=O) groups is 2. The number of likely N-dealkylation sites (N-methyl/N-ethyl adjacent to an activating group) is 1. The minimum Gasteiger partial charge on any atom is -0.378 e. The van der Waals surface area contributed by atoms with Gasteiger partial charge in [-0.2, -0.15) is 0 Å². The van der Waals surface area contributed by atoms with Gasteiger partial charge in [-0.05, 0) is 64.1 Å². The van der Waals surface area contributed by atoms with Gasteiger partial charge in [-0.25, -0.2) is 4.39 Å². The molecular weight excluding hydrogens is 537 g/mol. The summed E-state index contributed by atoms with van der Waals surface area (Å²) in [6.45, 7) is 8.07. The molecule has 1 amide bonds. The van der Waals surface area contributed by atoms with Gasteiger partial charge in [-0.15, -0.1) is 0 Å². The molecule has 10 heteroatoms. The molecule has 42 heavy (non-hydrogen) atoms. The van der Waals surface area contributed by atoms with Gasteiger partial charge in [0.25, 0.3) is 5.91 Å². The summed E-state index contributed by atoms with van der Waals surface area (Å²) >= 11 is 0. The molecular formula is C32H50FN5O4. The number of morpholine rings is 2. The van der Waals surface area contributed by atoms with Crippen molar-refractivity contribution in [2.75, 3.05) is 72.6 Å². The summed E-state index contributed by atoms with van der Waals surface area (Å²) in [5.74, 6) is 0.175. The Morgan fingerprint density at radius 2 is 1.81 bits per heavy atom. The van der Waals surface area contributed by atoms with E-state index in [1.165, 1.54) is 25.7 Å². The third-order valence-electron chi connectivity index (χ3n) is 11.7. The first kappa shape index (κ1) is 29.1. The number of nitrogens with one attached hydrogen (secondary N) is 1. The van der Waals surface area contributed by atoms with Crippen molar-refractivity contribution in [3.05, 3.63) is 11.8 Å². The first-order chi connectivity index (χ1) is 20.5. The fraction of sp³-hybridized carbons (Fsp3) is 0.875. The summed E-state index contributed by atoms with van der Waals surface area (Å²) in [4.78, 5) is 36.6. The molecule has 4 aliphatic heterocycles. The van der Waals surface area contributed by atoms with Crippen LogP contribution in [-0.4, -0.2) is 140 Å². The van der Waals surface area contributed by atoms with Crippen molar-refractivity contribution in [3.8, 4) is 0 Å². The number of ketones is 1. The lowest BCUT2D eigenvalue weighted by atomic mass is 9.64. The molecule has 0 aromatic rings. The van der Waals surface area contributed by atoms with E-state index in [-0.39, 0.29) is 41.9 Å². The highest BCUT2D eigenvalue weighted by molar-refractivity contribution is 6.20. The van der Waals surface area contributed by atoms with Gasteiger partial charge in [-0.3, -0.25) is 9.59 Å². The Labute approximate surface area is 250 Å². The van der Waals surface area contributed by atoms with Gasteiger partial charge < -0.3 is 34.4 Å². The minimum atomic E-state index is -1.19. The van der Waals surface area contributed by atoms with Gasteiger partial charge >= 0.3 is 0 Å². The zero-order valence-corrected chi connectivity index (χ0v) is 25.3. The van der Waals surface area contributed by atoms with E-state index in [1.807, 2.05) is 6.20 Å². The Morgan fingerprint density at radius 3 is 2.62 bits per heavy atom. The van der Waals surface area contributed by atoms with Gasteiger partial charge in [0, 0.05) is 51.4 Å². The molecule has 1 N–H and O–H groups in total. The van der Waals surface area contributed by atoms with E-state index >= 15 is 4.39 Å². The van der Waals surface area contributed by atoms with Crippen molar-refractivity contribution in [2.24, 2.45) is 17.8 Å². The second kappa shape index (κ2) is 12.4. The summed E-state index contributed by atoms with van der Waals surface area (Å²) < 4.78 is 28.7. The number of rotatable bonds is 6. The topological polar surface area (TPSA) is 77.6 Å². The number of hydrogen-bond acceptors (Lipinski definition) is 8. The zero-order chi connectivity index (χ0) is 28.8. The largest absolute Gasteiger partial charge is 0.378 e. The molecule has 6 fully saturated rings. The molecule has 234 valence electrons. The van der Waals surface area contributed by atoms with Crippen LogP contribution in [-0.2, 0) is 19.1 Å². The predicted octanol–water partition coefficient (Wildman–Crippen LogP) is 1.67. The van der Waals surface area contributed by atoms with Gasteiger partial charge in [0.1, 0.15) is 6.17 Å². The second-order valence-electron chi connectivity index (χ2n) is 14.0. The Kier molecular flexibility index (Phi) is 8.62. The third-order valence-corrected chi connectivity index (χ3v) is 11.7. The molecule has 0 aromatic heterocycles. The van der Waals surface area contributed by atoms with Crippen molar-refractivity contribution in [1.82, 2.24) is 24.9 Å². The number of Topliss-reactive ketones (excluding diaryl/α,β-unsaturated/α-hetero) is 1. The van der Waals surface area contributed by atoms with Gasteiger partial charge in [0.05, 0.1) is 49.1 Å². The van der Waals surface area contributed by atoms with E-state index in [9.17, 15) is 9.59 Å². The van der Waals surface area contributed by atoms with Crippen molar-refractivity contribution >= 4 is 11.7 Å². The Bertz CT molecular complexity index is 1030. The van der Waals surface area contributed by atoms with Crippen molar-refractivity contribution in [3.63, 3.8) is 0 Å². The van der Waals surface area contributed by atoms with E-state index in [0.29, 0.717) is 38.1 Å². The molecule has 9 atom stereocenters. The number of ether oxygens (including phenoxy) is 2. The monoisotopic (exact) mass is 587 g/mol. The fourth-order valence-electron chi connectivity index (χ4n) is 9.33. The molecule has 4 heterocycles. The molecule has 0 aromatic carbocycles. The van der Waals surface area contributed by atoms with Crippen molar-refractivity contribution < 1.29 is 23.5 Å². The SMILES string of the molecule is CN1CCN(CCCNC2C(F)CC3C(=O)C(C(=O)N4CCOCC4)=CN4C5CCC6CCCCC6C5OC2C34)CC1. The Balaban J connectivity index is 1.13. The summed E-state index contributed by atoms with van der Waals surface area (Å²) in [6, 6.07) is -0.520. The van der Waals surface area contributed by atoms with E-state index < -0.39 is 24.2 Å². The number of amides is 1. The van der Waals surface area contributed by atoms with E-state index in [1.54, 1.807) is 4.90 Å². The maximum atomic E-state index is 16.2. The lowest BCUT2D eigenvalue weighted by molar-refractivity contribution is -0.220. The van der Waals surface area contributed by atoms with Gasteiger partial charge in [0.2, 0.25) is 0 Å². The molecule has 0 spiro atoms. The van der Waals surface area contributed by atoms with E-state index in [4.69, 9.17) is 9.47 Å². The summed E-state index contributed by atoms with van der Waals surface area (Å²) in [5, 5.41) is 3.59. The number of nitrogens with zero attached hydrogens (tertiary/aromatic N) is 4. The normalized spacial score (nSPS) is 41.0. The average molecular weight is 588 g/mol. The average Bonchev–Trinajstić information content (AvgIpc) is 3.02. The smallest absolute Gasteiger partial charge is 0.259 e. The molecule has 0 bridgehead atoms. The minimum absolute atomic E-state index is 0.0232. The molecule has 3 saturated heterocycles. The number of carbonyl (C=O) groups excluding carboxylic acids is 2. The van der Waals surface area contributed by atoms with E-state index in [2.05, 4.69) is 27.1 Å². The number of hydrogen-bond donors (Lipinski definition) is 1. The molecule has 0 radical (unpaired) electrons. The van der Waals surface area contributed by atoms with Crippen LogP contribution in [0.1, 0.15) is 51.4 Å². The second-order valence-corrected chi connectivity index (χ2v) is 14.0. The highest BCUT2D eigenvalue weighted by atomic mass is 19.1. The number of halogens is 1. The molecule has 3 saturated carbocycles. The number of fused-ring (bicyclic) bond motifs is 4. The van der Waals surface area contributed by atoms with Crippen molar-refractivity contribution in [2.45, 2.75) is 87.9 Å². The summed E-state index contributed by atoms with van der Waals surface area (Å²) in [6.07, 6.45) is 8.53. The lowest BCUT2D eigenvalue weighted by Gasteiger charge is -2.61. The van der Waals surface area contributed by atoms with Gasteiger partial charge in [-0.1, -0.05) is 19.3 Å². The van der Waals surface area contributed by atoms with Crippen LogP contribution in [0.3, 0.4) is 0 Å². The van der Waals surface area contributed by atoms with Gasteiger partial charge in [0.15, 0.2) is 5.78 Å². The van der Waals surface area contributed by atoms with Crippen LogP contribution in [0, 0.1) is 17.8 Å². The maximum absolute atomic E-state index is 16.2. The molecule has 3 aliphatic carbocycles. The predicted molar refractivity (Wildman–Crippen MR) is 157 cm³/mol. The summed E-state index contributed by atoms with van der Waals surface area (Å²) in [5.41, 5.74) is 0.245. The van der Waals surface area contributed by atoms with Crippen LogP contribution in [0.2, 0.25) is 0 Å². The van der Waals surface area contributed by atoms with Crippen LogP contribution in [0.4, 0.5) is 4.39 Å². The highest BCUT2D eigenvalue weighted by Gasteiger charge is 2.60. The number of piperazine rings is 1. The Hall–Kier alpha value is -1.59. The van der Waals surface area contributed by atoms with Crippen LogP contribution in [0.5, 0.6) is 0 Å². The zero-order valence-electron chi connectivity index (χ0n) is 25.3. The van der Waals surface area contributed by atoms with E-state index in [0.717, 1.165) is 58.5 Å². The van der Waals surface area contributed by atoms with Crippen LogP contribution in [0.15, 0.2) is 11.8 Å². The first-order valence-corrected chi connectivity index (χ1v) is 16.8. The Morgan fingerprint density at radius 1 is 1.02 bits per heavy atom. The molecule has 9 unspecified atom stereocenters.